The number of hydrogen-bond donors (Lipinski definition) is 0. The summed E-state index contributed by atoms with van der Waals surface area (Å²) in [6.07, 6.45) is 7.58. The van der Waals surface area contributed by atoms with Crippen molar-refractivity contribution in [2.75, 3.05) is 13.6 Å². The van der Waals surface area contributed by atoms with Crippen LogP contribution in [0.5, 0.6) is 0 Å². The molecule has 1 saturated carbocycles. The van der Waals surface area contributed by atoms with Gasteiger partial charge in [-0.3, -0.25) is 4.79 Å². The zero-order valence-electron chi connectivity index (χ0n) is 12.2. The van der Waals surface area contributed by atoms with Crippen LogP contribution in [0.2, 0.25) is 0 Å². The van der Waals surface area contributed by atoms with Gasteiger partial charge in [-0.1, -0.05) is 38.3 Å². The third-order valence-corrected chi connectivity index (χ3v) is 4.19. The van der Waals surface area contributed by atoms with Gasteiger partial charge in [0.2, 0.25) is 0 Å². The first-order chi connectivity index (χ1) is 9.20. The van der Waals surface area contributed by atoms with E-state index in [9.17, 15) is 4.79 Å². The molecule has 2 rings (SSSR count). The fraction of sp³-hybridized carbons (Fsp3) is 0.588. The number of rotatable bonds is 4. The van der Waals surface area contributed by atoms with Crippen molar-refractivity contribution in [1.82, 2.24) is 4.90 Å². The van der Waals surface area contributed by atoms with E-state index in [2.05, 4.69) is 13.0 Å². The van der Waals surface area contributed by atoms with E-state index in [4.69, 9.17) is 0 Å². The topological polar surface area (TPSA) is 20.3 Å². The number of aryl methyl sites for hydroxylation is 1. The lowest BCUT2D eigenvalue weighted by Gasteiger charge is -2.27. The molecule has 1 aliphatic carbocycles. The first kappa shape index (κ1) is 14.1. The molecule has 0 spiro atoms. The summed E-state index contributed by atoms with van der Waals surface area (Å²) in [5.41, 5.74) is 2.06. The van der Waals surface area contributed by atoms with Crippen molar-refractivity contribution in [3.05, 3.63) is 35.4 Å². The van der Waals surface area contributed by atoms with E-state index in [1.165, 1.54) is 37.7 Å². The Bertz CT molecular complexity index is 421. The zero-order valence-corrected chi connectivity index (χ0v) is 12.2. The normalized spacial score (nSPS) is 16.3. The molecule has 0 heterocycles. The molecule has 0 bridgehead atoms. The first-order valence-electron chi connectivity index (χ1n) is 7.55. The maximum atomic E-state index is 12.4. The molecule has 1 aliphatic rings. The quantitative estimate of drug-likeness (QED) is 0.803. The van der Waals surface area contributed by atoms with Crippen molar-refractivity contribution in [1.29, 1.82) is 0 Å². The van der Waals surface area contributed by atoms with Crippen LogP contribution < -0.4 is 0 Å². The molecule has 1 aromatic rings. The van der Waals surface area contributed by atoms with Crippen molar-refractivity contribution in [3.63, 3.8) is 0 Å². The molecular weight excluding hydrogens is 234 g/mol. The van der Waals surface area contributed by atoms with Crippen LogP contribution in [0.3, 0.4) is 0 Å². The summed E-state index contributed by atoms with van der Waals surface area (Å²) in [6.45, 7) is 3.03. The van der Waals surface area contributed by atoms with Gasteiger partial charge in [-0.25, -0.2) is 0 Å². The monoisotopic (exact) mass is 259 g/mol. The molecule has 2 heteroatoms. The molecular formula is C17H25NO. The van der Waals surface area contributed by atoms with E-state index in [0.29, 0.717) is 5.92 Å². The molecule has 1 aromatic carbocycles. The van der Waals surface area contributed by atoms with Crippen LogP contribution in [0.25, 0.3) is 0 Å². The van der Waals surface area contributed by atoms with Gasteiger partial charge in [0.1, 0.15) is 0 Å². The fourth-order valence-corrected chi connectivity index (χ4v) is 2.98. The fourth-order valence-electron chi connectivity index (χ4n) is 2.98. The Morgan fingerprint density at radius 1 is 1.26 bits per heavy atom. The Labute approximate surface area is 116 Å². The van der Waals surface area contributed by atoms with Crippen molar-refractivity contribution in [2.24, 2.45) is 5.92 Å². The van der Waals surface area contributed by atoms with Crippen LogP contribution in [-0.2, 0) is 6.42 Å². The number of hydrogen-bond acceptors (Lipinski definition) is 1. The van der Waals surface area contributed by atoms with Gasteiger partial charge in [0, 0.05) is 19.2 Å². The SMILES string of the molecule is CCc1cccc(C(=O)N(C)CC2CCCCC2)c1. The Kier molecular flexibility index (Phi) is 5.00. The van der Waals surface area contributed by atoms with Crippen LogP contribution in [0.15, 0.2) is 24.3 Å². The number of carbonyl (C=O) groups excluding carboxylic acids is 1. The van der Waals surface area contributed by atoms with Crippen LogP contribution in [0.1, 0.15) is 54.9 Å². The summed E-state index contributed by atoms with van der Waals surface area (Å²) in [5, 5.41) is 0. The van der Waals surface area contributed by atoms with Gasteiger partial charge >= 0.3 is 0 Å². The first-order valence-corrected chi connectivity index (χ1v) is 7.55. The van der Waals surface area contributed by atoms with E-state index in [1.54, 1.807) is 0 Å². The van der Waals surface area contributed by atoms with Gasteiger partial charge in [-0.05, 0) is 42.9 Å². The molecule has 0 saturated heterocycles. The molecule has 0 atom stereocenters. The van der Waals surface area contributed by atoms with E-state index in [0.717, 1.165) is 18.5 Å². The summed E-state index contributed by atoms with van der Waals surface area (Å²) < 4.78 is 0. The Hall–Kier alpha value is -1.31. The van der Waals surface area contributed by atoms with E-state index >= 15 is 0 Å². The third-order valence-electron chi connectivity index (χ3n) is 4.19. The predicted octanol–water partition coefficient (Wildman–Crippen LogP) is 3.90. The summed E-state index contributed by atoms with van der Waals surface area (Å²) in [5.74, 6) is 0.873. The summed E-state index contributed by atoms with van der Waals surface area (Å²) in [7, 11) is 1.94. The molecule has 0 unspecified atom stereocenters. The smallest absolute Gasteiger partial charge is 0.253 e. The molecule has 0 aromatic heterocycles. The highest BCUT2D eigenvalue weighted by atomic mass is 16.2. The second kappa shape index (κ2) is 6.74. The van der Waals surface area contributed by atoms with E-state index < -0.39 is 0 Å². The zero-order chi connectivity index (χ0) is 13.7. The minimum absolute atomic E-state index is 0.167. The molecule has 0 radical (unpaired) electrons. The molecule has 1 amide bonds. The van der Waals surface area contributed by atoms with Crippen LogP contribution in [-0.4, -0.2) is 24.4 Å². The maximum absolute atomic E-state index is 12.4. The summed E-state index contributed by atoms with van der Waals surface area (Å²) in [6, 6.07) is 8.02. The van der Waals surface area contributed by atoms with Gasteiger partial charge < -0.3 is 4.90 Å². The molecule has 104 valence electrons. The van der Waals surface area contributed by atoms with Gasteiger partial charge in [-0.15, -0.1) is 0 Å². The Morgan fingerprint density at radius 3 is 2.68 bits per heavy atom. The van der Waals surface area contributed by atoms with Crippen LogP contribution >= 0.6 is 0 Å². The Morgan fingerprint density at radius 2 is 2.00 bits per heavy atom. The molecule has 2 nitrogen and oxygen atoms in total. The molecule has 1 fully saturated rings. The predicted molar refractivity (Wildman–Crippen MR) is 79.4 cm³/mol. The second-order valence-corrected chi connectivity index (χ2v) is 5.74. The molecule has 0 N–H and O–H groups in total. The minimum Gasteiger partial charge on any atom is -0.341 e. The number of carbonyl (C=O) groups is 1. The number of nitrogens with zero attached hydrogens (tertiary/aromatic N) is 1. The Balaban J connectivity index is 1.97. The highest BCUT2D eigenvalue weighted by molar-refractivity contribution is 5.94. The van der Waals surface area contributed by atoms with Gasteiger partial charge in [0.25, 0.3) is 5.91 Å². The van der Waals surface area contributed by atoms with Crippen molar-refractivity contribution >= 4 is 5.91 Å². The highest BCUT2D eigenvalue weighted by Crippen LogP contribution is 2.24. The summed E-state index contributed by atoms with van der Waals surface area (Å²) in [4.78, 5) is 14.3. The lowest BCUT2D eigenvalue weighted by molar-refractivity contribution is 0.0760. The third kappa shape index (κ3) is 3.82. The standard InChI is InChI=1S/C17H25NO/c1-3-14-10-7-11-16(12-14)17(19)18(2)13-15-8-5-4-6-9-15/h7,10-12,15H,3-6,8-9,13H2,1-2H3. The van der Waals surface area contributed by atoms with E-state index in [-0.39, 0.29) is 5.91 Å². The van der Waals surface area contributed by atoms with Crippen molar-refractivity contribution in [3.8, 4) is 0 Å². The van der Waals surface area contributed by atoms with Gasteiger partial charge in [0.15, 0.2) is 0 Å². The summed E-state index contributed by atoms with van der Waals surface area (Å²) >= 11 is 0. The van der Waals surface area contributed by atoms with E-state index in [1.807, 2.05) is 30.1 Å². The van der Waals surface area contributed by atoms with Gasteiger partial charge in [0.05, 0.1) is 0 Å². The minimum atomic E-state index is 0.167. The van der Waals surface area contributed by atoms with Crippen molar-refractivity contribution in [2.45, 2.75) is 45.4 Å². The average molecular weight is 259 g/mol. The molecule has 19 heavy (non-hydrogen) atoms. The van der Waals surface area contributed by atoms with Crippen LogP contribution in [0, 0.1) is 5.92 Å². The highest BCUT2D eigenvalue weighted by Gasteiger charge is 2.19. The lowest BCUT2D eigenvalue weighted by Crippen LogP contribution is -2.32. The van der Waals surface area contributed by atoms with Crippen molar-refractivity contribution < 1.29 is 4.79 Å². The van der Waals surface area contributed by atoms with Crippen LogP contribution in [0.4, 0.5) is 0 Å². The number of benzene rings is 1. The maximum Gasteiger partial charge on any atom is 0.253 e. The molecule has 0 aliphatic heterocycles. The largest absolute Gasteiger partial charge is 0.341 e. The van der Waals surface area contributed by atoms with Gasteiger partial charge in [-0.2, -0.15) is 0 Å². The lowest BCUT2D eigenvalue weighted by atomic mass is 9.89. The second-order valence-electron chi connectivity index (χ2n) is 5.74. The number of amides is 1. The average Bonchev–Trinajstić information content (AvgIpc) is 2.47.